The molecule has 1 amide bonds. The Bertz CT molecular complexity index is 1940. The van der Waals surface area contributed by atoms with Crippen LogP contribution in [0.4, 0.5) is 16.2 Å². The SMILES string of the molecule is O=C(Nc1ccccc1-c1ccccc1)OC1CCN(CC(O)CNc2ccc(CCNCC(O)c3ccc(O)c4[nH]c(=O)ccc34)cc2)CC1. The molecule has 266 valence electrons. The summed E-state index contributed by atoms with van der Waals surface area (Å²) in [6.45, 7) is 3.40. The number of rotatable bonds is 14. The lowest BCUT2D eigenvalue weighted by molar-refractivity contribution is 0.0415. The number of β-amino-alcohol motifs (C(OH)–C–C–N with tert-alkyl or cyclic N) is 1. The topological polar surface area (TPSA) is 159 Å². The van der Waals surface area contributed by atoms with E-state index >= 15 is 0 Å². The number of piperidine rings is 1. The number of amides is 1. The van der Waals surface area contributed by atoms with Crippen LogP contribution in [0.5, 0.6) is 5.75 Å². The molecule has 1 aliphatic heterocycles. The van der Waals surface area contributed by atoms with Crippen LogP contribution >= 0.6 is 0 Å². The van der Waals surface area contributed by atoms with E-state index in [0.717, 1.165) is 41.9 Å². The van der Waals surface area contributed by atoms with Crippen molar-refractivity contribution in [3.63, 3.8) is 0 Å². The first-order valence-electron chi connectivity index (χ1n) is 17.4. The highest BCUT2D eigenvalue weighted by atomic mass is 16.6. The van der Waals surface area contributed by atoms with E-state index in [9.17, 15) is 24.9 Å². The van der Waals surface area contributed by atoms with E-state index in [4.69, 9.17) is 4.74 Å². The number of hydrogen-bond acceptors (Lipinski definition) is 9. The molecule has 2 unspecified atom stereocenters. The van der Waals surface area contributed by atoms with E-state index < -0.39 is 18.3 Å². The van der Waals surface area contributed by atoms with Crippen LogP contribution in [0.3, 0.4) is 0 Å². The van der Waals surface area contributed by atoms with Crippen molar-refractivity contribution in [3.8, 4) is 16.9 Å². The Morgan fingerprint density at radius 1 is 0.882 bits per heavy atom. The Balaban J connectivity index is 0.866. The van der Waals surface area contributed by atoms with Crippen LogP contribution in [0.1, 0.15) is 30.1 Å². The van der Waals surface area contributed by atoms with Gasteiger partial charge in [-0.3, -0.25) is 10.1 Å². The number of pyridine rings is 1. The van der Waals surface area contributed by atoms with Gasteiger partial charge < -0.3 is 40.6 Å². The molecular formula is C40H45N5O6. The van der Waals surface area contributed by atoms with Gasteiger partial charge in [-0.2, -0.15) is 0 Å². The van der Waals surface area contributed by atoms with Crippen molar-refractivity contribution in [1.29, 1.82) is 0 Å². The van der Waals surface area contributed by atoms with Gasteiger partial charge in [-0.05, 0) is 72.8 Å². The maximum absolute atomic E-state index is 12.7. The van der Waals surface area contributed by atoms with Gasteiger partial charge in [-0.1, -0.05) is 66.7 Å². The van der Waals surface area contributed by atoms with Gasteiger partial charge in [-0.25, -0.2) is 4.79 Å². The summed E-state index contributed by atoms with van der Waals surface area (Å²) in [5.41, 5.74) is 5.36. The van der Waals surface area contributed by atoms with Crippen LogP contribution in [-0.4, -0.2) is 82.8 Å². The highest BCUT2D eigenvalue weighted by molar-refractivity contribution is 5.91. The first-order valence-corrected chi connectivity index (χ1v) is 17.4. The number of nitrogens with one attached hydrogen (secondary N) is 4. The van der Waals surface area contributed by atoms with Crippen LogP contribution in [-0.2, 0) is 11.2 Å². The number of likely N-dealkylation sites (tertiary alicyclic amines) is 1. The van der Waals surface area contributed by atoms with Crippen molar-refractivity contribution in [2.75, 3.05) is 49.9 Å². The zero-order valence-corrected chi connectivity index (χ0v) is 28.4. The number of aromatic nitrogens is 1. The van der Waals surface area contributed by atoms with Gasteiger partial charge in [0.1, 0.15) is 11.9 Å². The lowest BCUT2D eigenvalue weighted by atomic mass is 10.0. The van der Waals surface area contributed by atoms with Crippen molar-refractivity contribution in [2.24, 2.45) is 0 Å². The number of hydrogen-bond donors (Lipinski definition) is 7. The summed E-state index contributed by atoms with van der Waals surface area (Å²) in [5.74, 6) is -0.0355. The molecule has 6 rings (SSSR count). The number of phenols is 1. The van der Waals surface area contributed by atoms with Gasteiger partial charge in [0, 0.05) is 55.4 Å². The number of benzene rings is 4. The second kappa shape index (κ2) is 17.1. The molecule has 1 fully saturated rings. The maximum atomic E-state index is 12.7. The van der Waals surface area contributed by atoms with Crippen molar-refractivity contribution >= 4 is 28.4 Å². The van der Waals surface area contributed by atoms with Gasteiger partial charge in [0.15, 0.2) is 0 Å². The third kappa shape index (κ3) is 9.74. The standard InChI is InChI=1S/C40H45N5O6/c46-30(26-45-22-19-31(20-23-45)51-40(50)43-35-9-5-4-8-32(35)28-6-2-1-3-7-28)24-42-29-12-10-27(11-13-29)18-21-41-25-37(48)33-14-16-36(47)39-34(33)15-17-38(49)44-39/h1-17,30-31,37,41-42,46-48H,18-26H2,(H,43,50)(H,44,49). The lowest BCUT2D eigenvalue weighted by Gasteiger charge is -2.32. The van der Waals surface area contributed by atoms with Crippen molar-refractivity contribution in [1.82, 2.24) is 15.2 Å². The number of aliphatic hydroxyl groups excluding tert-OH is 2. The minimum Gasteiger partial charge on any atom is -0.506 e. The molecule has 1 aliphatic rings. The first-order chi connectivity index (χ1) is 24.8. The van der Waals surface area contributed by atoms with Crippen LogP contribution < -0.4 is 21.5 Å². The zero-order chi connectivity index (χ0) is 35.6. The average molecular weight is 692 g/mol. The highest BCUT2D eigenvalue weighted by Crippen LogP contribution is 2.29. The molecule has 1 saturated heterocycles. The number of phenolic OH excluding ortho intramolecular Hbond substituents is 1. The normalized spacial score (nSPS) is 14.9. The smallest absolute Gasteiger partial charge is 0.411 e. The number of aromatic amines is 1. The number of H-pyrrole nitrogens is 1. The summed E-state index contributed by atoms with van der Waals surface area (Å²) in [5, 5.41) is 41.7. The van der Waals surface area contributed by atoms with Crippen LogP contribution in [0.15, 0.2) is 108 Å². The van der Waals surface area contributed by atoms with Crippen molar-refractivity contribution in [2.45, 2.75) is 37.6 Å². The Kier molecular flexibility index (Phi) is 12.0. The van der Waals surface area contributed by atoms with Gasteiger partial charge in [0.2, 0.25) is 5.56 Å². The second-order valence-electron chi connectivity index (χ2n) is 12.9. The Labute approximate surface area is 296 Å². The number of para-hydroxylation sites is 1. The molecule has 0 radical (unpaired) electrons. The van der Waals surface area contributed by atoms with Crippen LogP contribution in [0.25, 0.3) is 22.0 Å². The summed E-state index contributed by atoms with van der Waals surface area (Å²) in [6, 6.07) is 31.8. The third-order valence-electron chi connectivity index (χ3n) is 9.22. The summed E-state index contributed by atoms with van der Waals surface area (Å²) in [4.78, 5) is 29.2. The molecule has 11 heteroatoms. The predicted molar refractivity (Wildman–Crippen MR) is 200 cm³/mol. The quantitative estimate of drug-likeness (QED) is 0.0773. The van der Waals surface area contributed by atoms with E-state index in [1.165, 1.54) is 12.1 Å². The number of carbonyl (C=O) groups excluding carboxylic acids is 1. The van der Waals surface area contributed by atoms with Crippen LogP contribution in [0.2, 0.25) is 0 Å². The number of nitrogens with zero attached hydrogens (tertiary/aromatic N) is 1. The zero-order valence-electron chi connectivity index (χ0n) is 28.4. The summed E-state index contributed by atoms with van der Waals surface area (Å²) >= 11 is 0. The molecule has 51 heavy (non-hydrogen) atoms. The number of anilines is 2. The van der Waals surface area contributed by atoms with Crippen LogP contribution in [0, 0.1) is 0 Å². The molecule has 0 bridgehead atoms. The molecular weight excluding hydrogens is 646 g/mol. The molecule has 2 heterocycles. The number of ether oxygens (including phenoxy) is 1. The Hall–Kier alpha value is -5.20. The Morgan fingerprint density at radius 3 is 2.41 bits per heavy atom. The Morgan fingerprint density at radius 2 is 1.63 bits per heavy atom. The van der Waals surface area contributed by atoms with E-state index in [2.05, 4.69) is 25.8 Å². The fourth-order valence-electron chi connectivity index (χ4n) is 6.48. The highest BCUT2D eigenvalue weighted by Gasteiger charge is 2.24. The van der Waals surface area contributed by atoms with Gasteiger partial charge >= 0.3 is 6.09 Å². The second-order valence-corrected chi connectivity index (χ2v) is 12.9. The summed E-state index contributed by atoms with van der Waals surface area (Å²) in [7, 11) is 0. The number of fused-ring (bicyclic) bond motifs is 1. The van der Waals surface area contributed by atoms with Crippen molar-refractivity contribution < 1.29 is 24.9 Å². The summed E-state index contributed by atoms with van der Waals surface area (Å²) in [6.07, 6.45) is 0.187. The van der Waals surface area contributed by atoms with Crippen molar-refractivity contribution in [3.05, 3.63) is 125 Å². The minimum atomic E-state index is -0.808. The molecule has 4 aromatic carbocycles. The molecule has 5 aromatic rings. The fourth-order valence-corrected chi connectivity index (χ4v) is 6.48. The molecule has 7 N–H and O–H groups in total. The fraction of sp³-hybridized carbons (Fsp3) is 0.300. The van der Waals surface area contributed by atoms with Gasteiger partial charge in [-0.15, -0.1) is 0 Å². The van der Waals surface area contributed by atoms with E-state index in [1.54, 1.807) is 12.1 Å². The predicted octanol–water partition coefficient (Wildman–Crippen LogP) is 5.25. The van der Waals surface area contributed by atoms with E-state index in [1.807, 2.05) is 78.9 Å². The molecule has 11 nitrogen and oxygen atoms in total. The lowest BCUT2D eigenvalue weighted by Crippen LogP contribution is -2.43. The molecule has 0 aliphatic carbocycles. The van der Waals surface area contributed by atoms with E-state index in [-0.39, 0.29) is 17.4 Å². The van der Waals surface area contributed by atoms with Gasteiger partial charge in [0.05, 0.1) is 23.4 Å². The first kappa shape index (κ1) is 35.6. The molecule has 1 aromatic heterocycles. The minimum absolute atomic E-state index is 0.0355. The number of aromatic hydroxyl groups is 1. The molecule has 0 spiro atoms. The van der Waals surface area contributed by atoms with Gasteiger partial charge in [0.25, 0.3) is 0 Å². The number of aliphatic hydroxyl groups is 2. The molecule has 0 saturated carbocycles. The third-order valence-corrected chi connectivity index (χ3v) is 9.22. The summed E-state index contributed by atoms with van der Waals surface area (Å²) < 4.78 is 5.75. The number of carbonyl (C=O) groups is 1. The molecule has 2 atom stereocenters. The maximum Gasteiger partial charge on any atom is 0.411 e. The monoisotopic (exact) mass is 691 g/mol. The van der Waals surface area contributed by atoms with E-state index in [0.29, 0.717) is 61.2 Å². The largest absolute Gasteiger partial charge is 0.506 e. The average Bonchev–Trinajstić information content (AvgIpc) is 3.14.